The van der Waals surface area contributed by atoms with Crippen molar-refractivity contribution < 1.29 is 24.1 Å². The lowest BCUT2D eigenvalue weighted by Gasteiger charge is -2.42. The molecule has 2 bridgehead atoms. The van der Waals surface area contributed by atoms with E-state index in [4.69, 9.17) is 24.7 Å². The summed E-state index contributed by atoms with van der Waals surface area (Å²) < 4.78 is 26.5. The molecule has 0 radical (unpaired) electrons. The van der Waals surface area contributed by atoms with Crippen LogP contribution < -0.4 is 26.1 Å². The van der Waals surface area contributed by atoms with Crippen LogP contribution in [0.4, 0.5) is 5.95 Å². The van der Waals surface area contributed by atoms with Crippen molar-refractivity contribution in [3.05, 3.63) is 112 Å². The van der Waals surface area contributed by atoms with Gasteiger partial charge in [-0.15, -0.1) is 0 Å². The molecule has 7 rings (SSSR count). The lowest BCUT2D eigenvalue weighted by atomic mass is 9.79. The van der Waals surface area contributed by atoms with Gasteiger partial charge in [0.25, 0.3) is 5.56 Å². The zero-order chi connectivity index (χ0) is 31.4. The highest BCUT2D eigenvalue weighted by Gasteiger charge is 2.66. The van der Waals surface area contributed by atoms with Crippen molar-refractivity contribution in [3.8, 4) is 11.5 Å². The van der Waals surface area contributed by atoms with E-state index in [-0.39, 0.29) is 23.7 Å². The highest BCUT2D eigenvalue weighted by atomic mass is 16.6. The number of benzene rings is 3. The molecule has 5 aromatic rings. The van der Waals surface area contributed by atoms with Gasteiger partial charge in [0.05, 0.1) is 33.2 Å². The number of H-pyrrole nitrogens is 1. The normalized spacial score (nSPS) is 24.3. The molecular weight excluding hydrogens is 576 g/mol. The topological polar surface area (TPSA) is 159 Å². The highest BCUT2D eigenvalue weighted by molar-refractivity contribution is 5.71. The molecule has 2 saturated heterocycles. The number of aliphatic hydroxyl groups is 1. The second-order valence-electron chi connectivity index (χ2n) is 11.6. The predicted octanol–water partition coefficient (Wildman–Crippen LogP) is 2.50. The number of fused-ring (bicyclic) bond motifs is 3. The van der Waals surface area contributed by atoms with Gasteiger partial charge in [-0.25, -0.2) is 4.98 Å². The van der Waals surface area contributed by atoms with Crippen LogP contribution in [-0.4, -0.2) is 69.7 Å². The zero-order valence-corrected chi connectivity index (χ0v) is 25.1. The van der Waals surface area contributed by atoms with Crippen molar-refractivity contribution in [1.29, 1.82) is 0 Å². The fraction of sp³-hybridized carbons (Fsp3) is 0.303. The molecule has 2 aromatic heterocycles. The molecule has 232 valence electrons. The molecule has 4 atom stereocenters. The lowest BCUT2D eigenvalue weighted by molar-refractivity contribution is -0.201. The Morgan fingerprint density at radius 2 is 1.60 bits per heavy atom. The Hall–Kier alpha value is -4.75. The van der Waals surface area contributed by atoms with Crippen LogP contribution in [0, 0.1) is 0 Å². The zero-order valence-electron chi connectivity index (χ0n) is 25.1. The molecule has 0 saturated carbocycles. The van der Waals surface area contributed by atoms with Gasteiger partial charge in [0.2, 0.25) is 5.95 Å². The molecule has 4 heterocycles. The third kappa shape index (κ3) is 4.40. The average Bonchev–Trinajstić information content (AvgIpc) is 3.70. The Balaban J connectivity index is 1.33. The molecular formula is C33H34N6O6. The number of hydrogen-bond donors (Lipinski definition) is 4. The smallest absolute Gasteiger partial charge is 0.280 e. The minimum Gasteiger partial charge on any atom is -0.497 e. The summed E-state index contributed by atoms with van der Waals surface area (Å²) in [6.45, 7) is 2.16. The maximum absolute atomic E-state index is 12.5. The van der Waals surface area contributed by atoms with E-state index in [0.717, 1.165) is 16.7 Å². The highest BCUT2D eigenvalue weighted by Crippen LogP contribution is 2.49. The first-order chi connectivity index (χ1) is 21.7. The number of imidazole rings is 1. The lowest BCUT2D eigenvalue weighted by Crippen LogP contribution is -2.55. The molecule has 12 heteroatoms. The number of morpholine rings is 1. The first-order valence-corrected chi connectivity index (χ1v) is 14.6. The van der Waals surface area contributed by atoms with E-state index in [1.54, 1.807) is 18.8 Å². The van der Waals surface area contributed by atoms with Gasteiger partial charge in [0.1, 0.15) is 28.8 Å². The Labute approximate surface area is 258 Å². The maximum atomic E-state index is 12.5. The standard InChI is InChI=1S/C33H34N6O6/c1-31(39-19-36-25-28(39)37-30(34)38-29(25)41)26-27(40)32(45-31,17-35-26)18-44-33(20-7-5-4-6-8-20,21-9-13-23(42-2)14-10-21)22-11-15-24(43-3)16-12-22/h4-16,19,26-27,35,40H,17-18H2,1-3H3,(H3,34,37,38,41)/t26-,27+,31-,32-/m1/s1. The van der Waals surface area contributed by atoms with E-state index in [2.05, 4.69) is 20.3 Å². The van der Waals surface area contributed by atoms with Crippen LogP contribution in [0.1, 0.15) is 23.6 Å². The number of hydrogen-bond acceptors (Lipinski definition) is 10. The molecule has 3 aromatic carbocycles. The maximum Gasteiger partial charge on any atom is 0.280 e. The first-order valence-electron chi connectivity index (χ1n) is 14.6. The van der Waals surface area contributed by atoms with E-state index in [1.807, 2.05) is 85.8 Å². The Morgan fingerprint density at radius 1 is 1.00 bits per heavy atom. The van der Waals surface area contributed by atoms with Crippen molar-refractivity contribution in [2.75, 3.05) is 33.1 Å². The number of methoxy groups -OCH3 is 2. The molecule has 2 aliphatic rings. The summed E-state index contributed by atoms with van der Waals surface area (Å²) in [4.78, 5) is 23.6. The van der Waals surface area contributed by atoms with Crippen LogP contribution in [0.2, 0.25) is 0 Å². The van der Waals surface area contributed by atoms with Crippen molar-refractivity contribution in [3.63, 3.8) is 0 Å². The van der Waals surface area contributed by atoms with Gasteiger partial charge in [0.15, 0.2) is 16.9 Å². The van der Waals surface area contributed by atoms with E-state index in [0.29, 0.717) is 18.0 Å². The molecule has 0 unspecified atom stereocenters. The first kappa shape index (κ1) is 29.0. The minimum atomic E-state index is -1.17. The summed E-state index contributed by atoms with van der Waals surface area (Å²) in [6, 6.07) is 24.9. The number of nitrogens with one attached hydrogen (secondary N) is 2. The number of nitrogens with zero attached hydrogens (tertiary/aromatic N) is 3. The Kier molecular flexibility index (Phi) is 6.89. The molecule has 12 nitrogen and oxygen atoms in total. The number of nitrogens with two attached hydrogens (primary N) is 1. The summed E-state index contributed by atoms with van der Waals surface area (Å²) in [5.74, 6) is 1.38. The Bertz CT molecular complexity index is 1850. The summed E-state index contributed by atoms with van der Waals surface area (Å²) >= 11 is 0. The van der Waals surface area contributed by atoms with Crippen LogP contribution in [0.5, 0.6) is 11.5 Å². The summed E-state index contributed by atoms with van der Waals surface area (Å²) in [5.41, 5.74) is 4.94. The van der Waals surface area contributed by atoms with Gasteiger partial charge in [-0.05, 0) is 47.9 Å². The molecule has 0 amide bonds. The van der Waals surface area contributed by atoms with E-state index >= 15 is 0 Å². The van der Waals surface area contributed by atoms with Gasteiger partial charge in [0, 0.05) is 6.54 Å². The van der Waals surface area contributed by atoms with Crippen molar-refractivity contribution in [2.45, 2.75) is 36.0 Å². The number of aliphatic hydroxyl groups excluding tert-OH is 1. The number of aromatic nitrogens is 4. The SMILES string of the molecule is COc1ccc(C(OC[C@]23CN[C@H]([C@@H]2O)[C@](C)(n2cnc4c(=O)[nH]c(N)nc42)O3)(c2ccccc2)c2ccc(OC)cc2)cc1. The summed E-state index contributed by atoms with van der Waals surface area (Å²) in [6.07, 6.45) is 0.512. The van der Waals surface area contributed by atoms with Gasteiger partial charge < -0.3 is 35.1 Å². The fourth-order valence-corrected chi connectivity index (χ4v) is 6.78. The van der Waals surface area contributed by atoms with E-state index in [9.17, 15) is 9.90 Å². The number of anilines is 1. The number of rotatable bonds is 9. The largest absolute Gasteiger partial charge is 0.497 e. The van der Waals surface area contributed by atoms with Crippen molar-refractivity contribution in [1.82, 2.24) is 24.8 Å². The molecule has 2 aliphatic heterocycles. The van der Waals surface area contributed by atoms with Gasteiger partial charge in [-0.2, -0.15) is 4.98 Å². The van der Waals surface area contributed by atoms with E-state index in [1.165, 1.54) is 6.33 Å². The van der Waals surface area contributed by atoms with Crippen LogP contribution in [0.15, 0.2) is 90.0 Å². The summed E-state index contributed by atoms with van der Waals surface area (Å²) in [5, 5.41) is 15.2. The van der Waals surface area contributed by atoms with Gasteiger partial charge in [-0.1, -0.05) is 54.6 Å². The molecule has 0 spiro atoms. The van der Waals surface area contributed by atoms with Gasteiger partial charge >= 0.3 is 0 Å². The Morgan fingerprint density at radius 3 is 2.20 bits per heavy atom. The van der Waals surface area contributed by atoms with Crippen LogP contribution >= 0.6 is 0 Å². The summed E-state index contributed by atoms with van der Waals surface area (Å²) in [7, 11) is 3.25. The number of ether oxygens (including phenoxy) is 4. The minimum absolute atomic E-state index is 0.00297. The van der Waals surface area contributed by atoms with Crippen molar-refractivity contribution in [2.24, 2.45) is 0 Å². The second-order valence-corrected chi connectivity index (χ2v) is 11.6. The third-order valence-corrected chi connectivity index (χ3v) is 9.07. The third-order valence-electron chi connectivity index (χ3n) is 9.07. The van der Waals surface area contributed by atoms with E-state index < -0.39 is 34.6 Å². The molecule has 45 heavy (non-hydrogen) atoms. The number of aromatic amines is 1. The van der Waals surface area contributed by atoms with Crippen LogP contribution in [-0.2, 0) is 20.8 Å². The predicted molar refractivity (Wildman–Crippen MR) is 166 cm³/mol. The van der Waals surface area contributed by atoms with Crippen molar-refractivity contribution >= 4 is 17.1 Å². The van der Waals surface area contributed by atoms with Crippen LogP contribution in [0.3, 0.4) is 0 Å². The number of nitrogen functional groups attached to an aromatic ring is 1. The fourth-order valence-electron chi connectivity index (χ4n) is 6.78. The van der Waals surface area contributed by atoms with Crippen LogP contribution in [0.25, 0.3) is 11.2 Å². The van der Waals surface area contributed by atoms with Gasteiger partial charge in [-0.3, -0.25) is 14.3 Å². The average molecular weight is 611 g/mol. The molecule has 5 N–H and O–H groups in total. The molecule has 0 aliphatic carbocycles. The second kappa shape index (κ2) is 10.7. The monoisotopic (exact) mass is 610 g/mol. The quantitative estimate of drug-likeness (QED) is 0.183. The molecule has 2 fully saturated rings.